The van der Waals surface area contributed by atoms with Gasteiger partial charge in [-0.1, -0.05) is 28.9 Å². The van der Waals surface area contributed by atoms with Gasteiger partial charge in [-0.05, 0) is 42.5 Å². The molecular formula is C17H16ClN3O3S2. The molecule has 0 bridgehead atoms. The van der Waals surface area contributed by atoms with Crippen LogP contribution in [0.4, 0.5) is 0 Å². The first kappa shape index (κ1) is 17.7. The molecule has 1 aliphatic heterocycles. The third kappa shape index (κ3) is 3.42. The normalized spacial score (nSPS) is 18.9. The Hall–Kier alpha value is -1.74. The average Bonchev–Trinajstić information content (AvgIpc) is 3.33. The summed E-state index contributed by atoms with van der Waals surface area (Å²) in [5.41, 5.74) is 0. The molecule has 1 aromatic carbocycles. The number of piperidine rings is 1. The van der Waals surface area contributed by atoms with Crippen LogP contribution in [-0.2, 0) is 10.0 Å². The Bertz CT molecular complexity index is 1000. The maximum absolute atomic E-state index is 12.9. The minimum Gasteiger partial charge on any atom is -0.339 e. The van der Waals surface area contributed by atoms with Gasteiger partial charge in [0, 0.05) is 18.1 Å². The van der Waals surface area contributed by atoms with Crippen LogP contribution in [0.15, 0.2) is 51.2 Å². The number of hydrogen-bond donors (Lipinski definition) is 0. The zero-order valence-electron chi connectivity index (χ0n) is 13.7. The zero-order chi connectivity index (χ0) is 18.1. The predicted molar refractivity (Wildman–Crippen MR) is 99.8 cm³/mol. The lowest BCUT2D eigenvalue weighted by atomic mass is 10.00. The number of sulfonamides is 1. The van der Waals surface area contributed by atoms with E-state index in [1.807, 2.05) is 17.5 Å². The lowest BCUT2D eigenvalue weighted by Crippen LogP contribution is -2.39. The number of nitrogens with zero attached hydrogens (tertiary/aromatic N) is 3. The fourth-order valence-electron chi connectivity index (χ4n) is 3.05. The van der Waals surface area contributed by atoms with Crippen molar-refractivity contribution in [2.75, 3.05) is 13.1 Å². The molecule has 1 atom stereocenters. The molecule has 0 unspecified atom stereocenters. The van der Waals surface area contributed by atoms with Gasteiger partial charge in [0.05, 0.1) is 15.7 Å². The van der Waals surface area contributed by atoms with Crippen LogP contribution in [0.5, 0.6) is 0 Å². The standard InChI is InChI=1S/C17H16ClN3O3S2/c18-13-5-1-6-14(10-13)26(22,23)21-8-2-4-12(11-21)17-19-16(20-24-17)15-7-3-9-25-15/h1,3,5-7,9-10,12H,2,4,8,11H2/t12-/m1/s1. The summed E-state index contributed by atoms with van der Waals surface area (Å²) >= 11 is 7.49. The molecule has 4 rings (SSSR count). The monoisotopic (exact) mass is 409 g/mol. The molecule has 0 radical (unpaired) electrons. The molecule has 1 aliphatic rings. The molecule has 2 aromatic heterocycles. The summed E-state index contributed by atoms with van der Waals surface area (Å²) in [5.74, 6) is 0.920. The van der Waals surface area contributed by atoms with Crippen molar-refractivity contribution < 1.29 is 12.9 Å². The second-order valence-electron chi connectivity index (χ2n) is 6.09. The van der Waals surface area contributed by atoms with E-state index in [0.717, 1.165) is 17.7 Å². The molecule has 1 fully saturated rings. The molecule has 0 aliphatic carbocycles. The molecule has 0 amide bonds. The lowest BCUT2D eigenvalue weighted by molar-refractivity contribution is 0.265. The summed E-state index contributed by atoms with van der Waals surface area (Å²) in [6.45, 7) is 0.790. The highest BCUT2D eigenvalue weighted by atomic mass is 35.5. The highest BCUT2D eigenvalue weighted by molar-refractivity contribution is 7.89. The number of rotatable bonds is 4. The number of aromatic nitrogens is 2. The van der Waals surface area contributed by atoms with Crippen LogP contribution in [-0.4, -0.2) is 36.0 Å². The number of benzene rings is 1. The Morgan fingerprint density at radius 1 is 1.27 bits per heavy atom. The summed E-state index contributed by atoms with van der Waals surface area (Å²) in [7, 11) is -3.60. The number of hydrogen-bond acceptors (Lipinski definition) is 6. The van der Waals surface area contributed by atoms with E-state index in [9.17, 15) is 8.42 Å². The van der Waals surface area contributed by atoms with Crippen molar-refractivity contribution in [2.24, 2.45) is 0 Å². The van der Waals surface area contributed by atoms with Crippen molar-refractivity contribution in [2.45, 2.75) is 23.7 Å². The van der Waals surface area contributed by atoms with Gasteiger partial charge in [0.1, 0.15) is 0 Å². The molecule has 3 heterocycles. The van der Waals surface area contributed by atoms with E-state index in [0.29, 0.717) is 29.8 Å². The minimum atomic E-state index is -3.60. The topological polar surface area (TPSA) is 76.3 Å². The fourth-order valence-corrected chi connectivity index (χ4v) is 5.52. The summed E-state index contributed by atoms with van der Waals surface area (Å²) in [6.07, 6.45) is 1.55. The molecule has 9 heteroatoms. The van der Waals surface area contributed by atoms with Crippen molar-refractivity contribution in [1.82, 2.24) is 14.4 Å². The van der Waals surface area contributed by atoms with Crippen LogP contribution in [0.3, 0.4) is 0 Å². The van der Waals surface area contributed by atoms with E-state index in [1.165, 1.54) is 21.7 Å². The smallest absolute Gasteiger partial charge is 0.243 e. The SMILES string of the molecule is O=S(=O)(c1cccc(Cl)c1)N1CCC[C@@H](c2nc(-c3cccs3)no2)C1. The van der Waals surface area contributed by atoms with Gasteiger partial charge in [0.2, 0.25) is 21.7 Å². The maximum atomic E-state index is 12.9. The third-order valence-corrected chi connectivity index (χ3v) is 7.31. The van der Waals surface area contributed by atoms with Crippen LogP contribution >= 0.6 is 22.9 Å². The van der Waals surface area contributed by atoms with Gasteiger partial charge < -0.3 is 4.52 Å². The van der Waals surface area contributed by atoms with Crippen LogP contribution in [0.25, 0.3) is 10.7 Å². The number of thiophene rings is 1. The highest BCUT2D eigenvalue weighted by Gasteiger charge is 2.33. The van der Waals surface area contributed by atoms with Gasteiger partial charge in [-0.2, -0.15) is 9.29 Å². The molecule has 0 N–H and O–H groups in total. The molecular weight excluding hydrogens is 394 g/mol. The van der Waals surface area contributed by atoms with Crippen LogP contribution in [0.1, 0.15) is 24.7 Å². The van der Waals surface area contributed by atoms with Gasteiger partial charge in [-0.15, -0.1) is 11.3 Å². The van der Waals surface area contributed by atoms with Crippen molar-refractivity contribution in [3.8, 4) is 10.7 Å². The van der Waals surface area contributed by atoms with E-state index in [2.05, 4.69) is 10.1 Å². The van der Waals surface area contributed by atoms with Crippen LogP contribution in [0.2, 0.25) is 5.02 Å². The maximum Gasteiger partial charge on any atom is 0.243 e. The van der Waals surface area contributed by atoms with Gasteiger partial charge in [-0.25, -0.2) is 8.42 Å². The van der Waals surface area contributed by atoms with Crippen molar-refractivity contribution in [3.05, 3.63) is 52.7 Å². The summed E-state index contributed by atoms with van der Waals surface area (Å²) in [6, 6.07) is 10.2. The zero-order valence-corrected chi connectivity index (χ0v) is 16.1. The summed E-state index contributed by atoms with van der Waals surface area (Å²) in [5, 5.41) is 6.38. The highest BCUT2D eigenvalue weighted by Crippen LogP contribution is 2.31. The van der Waals surface area contributed by atoms with Gasteiger partial charge >= 0.3 is 0 Å². The first-order chi connectivity index (χ1) is 12.5. The second-order valence-corrected chi connectivity index (χ2v) is 9.42. The molecule has 1 saturated heterocycles. The number of halogens is 1. The van der Waals surface area contributed by atoms with E-state index < -0.39 is 10.0 Å². The molecule has 26 heavy (non-hydrogen) atoms. The molecule has 6 nitrogen and oxygen atoms in total. The van der Waals surface area contributed by atoms with Gasteiger partial charge in [-0.3, -0.25) is 0 Å². The fraction of sp³-hybridized carbons (Fsp3) is 0.294. The van der Waals surface area contributed by atoms with E-state index in [4.69, 9.17) is 16.1 Å². The second kappa shape index (κ2) is 7.11. The first-order valence-electron chi connectivity index (χ1n) is 8.17. The molecule has 136 valence electrons. The van der Waals surface area contributed by atoms with Crippen molar-refractivity contribution in [1.29, 1.82) is 0 Å². The summed E-state index contributed by atoms with van der Waals surface area (Å²) < 4.78 is 32.7. The Labute approximate surface area is 160 Å². The lowest BCUT2D eigenvalue weighted by Gasteiger charge is -2.30. The van der Waals surface area contributed by atoms with Gasteiger partial charge in [0.15, 0.2) is 0 Å². The third-order valence-electron chi connectivity index (χ3n) is 4.35. The minimum absolute atomic E-state index is 0.112. The van der Waals surface area contributed by atoms with E-state index in [-0.39, 0.29) is 10.8 Å². The largest absolute Gasteiger partial charge is 0.339 e. The first-order valence-corrected chi connectivity index (χ1v) is 10.9. The predicted octanol–water partition coefficient (Wildman–Crippen LogP) is 4.02. The Kier molecular flexibility index (Phi) is 4.83. The van der Waals surface area contributed by atoms with Crippen molar-refractivity contribution in [3.63, 3.8) is 0 Å². The Morgan fingerprint density at radius 3 is 2.92 bits per heavy atom. The molecule has 3 aromatic rings. The Morgan fingerprint density at radius 2 is 2.15 bits per heavy atom. The van der Waals surface area contributed by atoms with Crippen LogP contribution in [0, 0.1) is 0 Å². The van der Waals surface area contributed by atoms with E-state index >= 15 is 0 Å². The summed E-state index contributed by atoms with van der Waals surface area (Å²) in [4.78, 5) is 5.60. The Balaban J connectivity index is 1.56. The van der Waals surface area contributed by atoms with E-state index in [1.54, 1.807) is 18.2 Å². The quantitative estimate of drug-likeness (QED) is 0.650. The molecule has 0 saturated carbocycles. The molecule has 0 spiro atoms. The van der Waals surface area contributed by atoms with Crippen LogP contribution < -0.4 is 0 Å². The van der Waals surface area contributed by atoms with Gasteiger partial charge in [0.25, 0.3) is 0 Å². The van der Waals surface area contributed by atoms with Crippen molar-refractivity contribution >= 4 is 33.0 Å². The average molecular weight is 410 g/mol.